The maximum Gasteiger partial charge on any atom is 0.322 e. The Morgan fingerprint density at radius 1 is 1.03 bits per heavy atom. The third-order valence-electron chi connectivity index (χ3n) is 5.12. The van der Waals surface area contributed by atoms with Crippen molar-refractivity contribution in [3.05, 3.63) is 77.1 Å². The van der Waals surface area contributed by atoms with E-state index in [1.807, 2.05) is 41.8 Å². The molecule has 2 aromatic heterocycles. The molecule has 1 aliphatic rings. The lowest BCUT2D eigenvalue weighted by atomic mass is 9.91. The lowest BCUT2D eigenvalue weighted by molar-refractivity contribution is -0.123. The molecule has 0 aliphatic carbocycles. The van der Waals surface area contributed by atoms with Gasteiger partial charge in [-0.1, -0.05) is 53.7 Å². The highest BCUT2D eigenvalue weighted by molar-refractivity contribution is 7.13. The van der Waals surface area contributed by atoms with E-state index >= 15 is 0 Å². The molecular formula is C22H17N5O3S. The summed E-state index contributed by atoms with van der Waals surface area (Å²) in [6.07, 6.45) is 0.423. The zero-order valence-electron chi connectivity index (χ0n) is 16.5. The minimum absolute atomic E-state index is 0.402. The number of rotatable bonds is 5. The summed E-state index contributed by atoms with van der Waals surface area (Å²) in [5.74, 6) is 0.452. The topological polar surface area (TPSA) is 110 Å². The van der Waals surface area contributed by atoms with Crippen molar-refractivity contribution in [2.24, 2.45) is 0 Å². The van der Waals surface area contributed by atoms with Crippen LogP contribution in [0.15, 0.2) is 64.5 Å². The van der Waals surface area contributed by atoms with Crippen molar-refractivity contribution in [3.63, 3.8) is 0 Å². The van der Waals surface area contributed by atoms with E-state index in [1.165, 1.54) is 0 Å². The first-order valence-corrected chi connectivity index (χ1v) is 10.5. The zero-order chi connectivity index (χ0) is 21.4. The lowest BCUT2D eigenvalue weighted by Gasteiger charge is -2.21. The predicted molar refractivity (Wildman–Crippen MR) is 114 cm³/mol. The Morgan fingerprint density at radius 3 is 2.61 bits per heavy atom. The Balaban J connectivity index is 1.36. The van der Waals surface area contributed by atoms with Gasteiger partial charge in [-0.3, -0.25) is 10.1 Å². The van der Waals surface area contributed by atoms with Crippen LogP contribution in [0.1, 0.15) is 24.1 Å². The summed E-state index contributed by atoms with van der Waals surface area (Å²) in [5.41, 5.74) is 2.09. The summed E-state index contributed by atoms with van der Waals surface area (Å²) >= 11 is 1.57. The number of carbonyl (C=O) groups is 2. The van der Waals surface area contributed by atoms with E-state index in [2.05, 4.69) is 25.8 Å². The average Bonchev–Trinajstić information content (AvgIpc) is 3.50. The van der Waals surface area contributed by atoms with Gasteiger partial charge in [-0.05, 0) is 18.6 Å². The van der Waals surface area contributed by atoms with Crippen LogP contribution < -0.4 is 10.6 Å². The van der Waals surface area contributed by atoms with Crippen LogP contribution in [0.4, 0.5) is 4.79 Å². The van der Waals surface area contributed by atoms with E-state index in [9.17, 15) is 9.59 Å². The van der Waals surface area contributed by atoms with Gasteiger partial charge in [0.2, 0.25) is 11.7 Å². The molecule has 3 amide bonds. The molecule has 2 N–H and O–H groups in total. The van der Waals surface area contributed by atoms with E-state index < -0.39 is 17.5 Å². The van der Waals surface area contributed by atoms with Crippen LogP contribution in [0.2, 0.25) is 0 Å². The molecular weight excluding hydrogens is 414 g/mol. The summed E-state index contributed by atoms with van der Waals surface area (Å²) in [7, 11) is 0. The van der Waals surface area contributed by atoms with Crippen LogP contribution in [0.5, 0.6) is 0 Å². The van der Waals surface area contributed by atoms with Gasteiger partial charge in [0.1, 0.15) is 10.5 Å². The summed E-state index contributed by atoms with van der Waals surface area (Å²) in [4.78, 5) is 32.9. The van der Waals surface area contributed by atoms with Crippen LogP contribution in [-0.4, -0.2) is 27.1 Å². The lowest BCUT2D eigenvalue weighted by Crippen LogP contribution is -2.40. The molecule has 2 aromatic carbocycles. The fourth-order valence-electron chi connectivity index (χ4n) is 3.42. The SMILES string of the molecule is CC1(c2cccc(-c3noc(Cc4csc(-c5ccccc5)n4)n3)c2)NC(=O)NC1=O. The molecule has 8 nitrogen and oxygen atoms in total. The van der Waals surface area contributed by atoms with Gasteiger partial charge < -0.3 is 9.84 Å². The Bertz CT molecular complexity index is 1280. The molecule has 1 saturated heterocycles. The van der Waals surface area contributed by atoms with Gasteiger partial charge in [0, 0.05) is 16.5 Å². The van der Waals surface area contributed by atoms with Gasteiger partial charge in [0.05, 0.1) is 12.1 Å². The number of hydrogen-bond acceptors (Lipinski definition) is 7. The summed E-state index contributed by atoms with van der Waals surface area (Å²) in [6, 6.07) is 16.6. The van der Waals surface area contributed by atoms with Crippen molar-refractivity contribution < 1.29 is 14.1 Å². The van der Waals surface area contributed by atoms with Gasteiger partial charge in [-0.25, -0.2) is 9.78 Å². The van der Waals surface area contributed by atoms with Gasteiger partial charge in [0.25, 0.3) is 5.91 Å². The minimum Gasteiger partial charge on any atom is -0.339 e. The number of carbonyl (C=O) groups excluding carboxylic acids is 2. The number of imide groups is 1. The molecule has 0 saturated carbocycles. The van der Waals surface area contributed by atoms with Crippen molar-refractivity contribution >= 4 is 23.3 Å². The fraction of sp³-hybridized carbons (Fsp3) is 0.136. The summed E-state index contributed by atoms with van der Waals surface area (Å²) in [6.45, 7) is 1.65. The molecule has 154 valence electrons. The maximum atomic E-state index is 12.2. The molecule has 5 rings (SSSR count). The Hall–Kier alpha value is -3.85. The Kier molecular flexibility index (Phi) is 4.59. The monoisotopic (exact) mass is 431 g/mol. The third kappa shape index (κ3) is 3.59. The molecule has 1 fully saturated rings. The van der Waals surface area contributed by atoms with Gasteiger partial charge in [-0.2, -0.15) is 4.98 Å². The smallest absolute Gasteiger partial charge is 0.322 e. The number of urea groups is 1. The highest BCUT2D eigenvalue weighted by Crippen LogP contribution is 2.28. The maximum absolute atomic E-state index is 12.2. The summed E-state index contributed by atoms with van der Waals surface area (Å²) in [5, 5.41) is 11.9. The van der Waals surface area contributed by atoms with Crippen molar-refractivity contribution in [1.29, 1.82) is 0 Å². The molecule has 0 spiro atoms. The molecule has 31 heavy (non-hydrogen) atoms. The molecule has 1 unspecified atom stereocenters. The fourth-order valence-corrected chi connectivity index (χ4v) is 4.24. The zero-order valence-corrected chi connectivity index (χ0v) is 17.3. The van der Waals surface area contributed by atoms with Crippen LogP contribution in [-0.2, 0) is 16.8 Å². The normalized spacial score (nSPS) is 18.1. The van der Waals surface area contributed by atoms with Crippen molar-refractivity contribution in [3.8, 4) is 22.0 Å². The molecule has 0 radical (unpaired) electrons. The second-order valence-electron chi connectivity index (χ2n) is 7.31. The third-order valence-corrected chi connectivity index (χ3v) is 6.06. The second-order valence-corrected chi connectivity index (χ2v) is 8.17. The van der Waals surface area contributed by atoms with Gasteiger partial charge in [0.15, 0.2) is 0 Å². The predicted octanol–water partition coefficient (Wildman–Crippen LogP) is 3.51. The first-order valence-electron chi connectivity index (χ1n) is 9.58. The highest BCUT2D eigenvalue weighted by Gasteiger charge is 2.43. The minimum atomic E-state index is -1.14. The van der Waals surface area contributed by atoms with Crippen molar-refractivity contribution in [2.75, 3.05) is 0 Å². The number of aromatic nitrogens is 3. The molecule has 1 atom stereocenters. The number of amides is 3. The number of hydrogen-bond donors (Lipinski definition) is 2. The van der Waals surface area contributed by atoms with Crippen LogP contribution in [0.25, 0.3) is 22.0 Å². The van der Waals surface area contributed by atoms with E-state index in [0.29, 0.717) is 29.3 Å². The van der Waals surface area contributed by atoms with Gasteiger partial charge >= 0.3 is 6.03 Å². The van der Waals surface area contributed by atoms with E-state index in [4.69, 9.17) is 4.52 Å². The first-order chi connectivity index (χ1) is 15.0. The van der Waals surface area contributed by atoms with Crippen LogP contribution in [0, 0.1) is 0 Å². The van der Waals surface area contributed by atoms with E-state index in [0.717, 1.165) is 16.3 Å². The van der Waals surface area contributed by atoms with Crippen LogP contribution in [0.3, 0.4) is 0 Å². The second kappa shape index (κ2) is 7.44. The summed E-state index contributed by atoms with van der Waals surface area (Å²) < 4.78 is 5.42. The standard InChI is InChI=1S/C22H17N5O3S/c1-22(20(28)25-21(29)26-22)15-9-5-8-14(10-15)18-24-17(30-27-18)11-16-12-31-19(23-16)13-6-3-2-4-7-13/h2-10,12H,11H2,1H3,(H2,25,26,28,29). The largest absolute Gasteiger partial charge is 0.339 e. The molecule has 1 aliphatic heterocycles. The van der Waals surface area contributed by atoms with Gasteiger partial charge in [-0.15, -0.1) is 11.3 Å². The van der Waals surface area contributed by atoms with Crippen molar-refractivity contribution in [2.45, 2.75) is 18.9 Å². The van der Waals surface area contributed by atoms with E-state index in [-0.39, 0.29) is 0 Å². The van der Waals surface area contributed by atoms with E-state index in [1.54, 1.807) is 36.5 Å². The van der Waals surface area contributed by atoms with Crippen molar-refractivity contribution in [1.82, 2.24) is 25.8 Å². The average molecular weight is 431 g/mol. The number of thiazole rings is 1. The Morgan fingerprint density at radius 2 is 1.84 bits per heavy atom. The molecule has 9 heteroatoms. The van der Waals surface area contributed by atoms with Crippen LogP contribution >= 0.6 is 11.3 Å². The molecule has 0 bridgehead atoms. The first kappa shape index (κ1) is 19.1. The quantitative estimate of drug-likeness (QED) is 0.468. The number of benzene rings is 2. The Labute approximate surface area is 181 Å². The molecule has 4 aromatic rings. The molecule has 3 heterocycles. The number of nitrogens with zero attached hydrogens (tertiary/aromatic N) is 3. The highest BCUT2D eigenvalue weighted by atomic mass is 32.1. The number of nitrogens with one attached hydrogen (secondary N) is 2.